The van der Waals surface area contributed by atoms with Gasteiger partial charge in [0.25, 0.3) is 0 Å². The van der Waals surface area contributed by atoms with Gasteiger partial charge in [-0.15, -0.1) is 0 Å². The molecular weight excluding hydrogens is 234 g/mol. The van der Waals surface area contributed by atoms with Crippen LogP contribution in [0.15, 0.2) is 24.5 Å². The number of carbonyl (C=O) groups is 1. The van der Waals surface area contributed by atoms with Gasteiger partial charge in [0.1, 0.15) is 10.1 Å². The summed E-state index contributed by atoms with van der Waals surface area (Å²) in [7, 11) is 0. The van der Waals surface area contributed by atoms with Crippen molar-refractivity contribution >= 4 is 21.9 Å². The van der Waals surface area contributed by atoms with Gasteiger partial charge in [0.2, 0.25) is 0 Å². The fraction of sp³-hybridized carbons (Fsp3) is 0.333. The van der Waals surface area contributed by atoms with Gasteiger partial charge in [0.15, 0.2) is 0 Å². The standard InChI is InChI=1S/C9H10BrNO2/c1-9(2,10)8(12)13-7-3-5-11-6-4-7/h3-6H,1-2H3. The quantitative estimate of drug-likeness (QED) is 0.591. The molecule has 0 spiro atoms. The lowest BCUT2D eigenvalue weighted by Gasteiger charge is -2.13. The maximum atomic E-state index is 11.3. The number of aromatic nitrogens is 1. The summed E-state index contributed by atoms with van der Waals surface area (Å²) in [6.45, 7) is 3.47. The zero-order chi connectivity index (χ0) is 9.90. The largest absolute Gasteiger partial charge is 0.425 e. The Kier molecular flexibility index (Phi) is 3.03. The van der Waals surface area contributed by atoms with Crippen molar-refractivity contribution in [3.05, 3.63) is 24.5 Å². The van der Waals surface area contributed by atoms with Crippen molar-refractivity contribution in [3.8, 4) is 5.75 Å². The first kappa shape index (κ1) is 10.2. The molecule has 0 unspecified atom stereocenters. The number of hydrogen-bond acceptors (Lipinski definition) is 3. The van der Waals surface area contributed by atoms with Crippen LogP contribution in [0.1, 0.15) is 13.8 Å². The van der Waals surface area contributed by atoms with Gasteiger partial charge < -0.3 is 4.74 Å². The molecule has 70 valence electrons. The van der Waals surface area contributed by atoms with Crippen molar-refractivity contribution in [1.29, 1.82) is 0 Å². The van der Waals surface area contributed by atoms with E-state index < -0.39 is 4.32 Å². The fourth-order valence-electron chi connectivity index (χ4n) is 0.635. The predicted octanol–water partition coefficient (Wildman–Crippen LogP) is 2.16. The van der Waals surface area contributed by atoms with Gasteiger partial charge in [-0.25, -0.2) is 0 Å². The van der Waals surface area contributed by atoms with Crippen molar-refractivity contribution in [2.45, 2.75) is 18.2 Å². The summed E-state index contributed by atoms with van der Waals surface area (Å²) in [5.74, 6) is 0.186. The van der Waals surface area contributed by atoms with Gasteiger partial charge >= 0.3 is 5.97 Å². The summed E-state index contributed by atoms with van der Waals surface area (Å²) in [4.78, 5) is 15.2. The number of ether oxygens (including phenoxy) is 1. The molecule has 0 aliphatic rings. The molecule has 3 nitrogen and oxygen atoms in total. The van der Waals surface area contributed by atoms with Gasteiger partial charge in [-0.3, -0.25) is 9.78 Å². The molecule has 1 aromatic heterocycles. The van der Waals surface area contributed by atoms with E-state index >= 15 is 0 Å². The van der Waals surface area contributed by atoms with Crippen molar-refractivity contribution in [3.63, 3.8) is 0 Å². The van der Waals surface area contributed by atoms with Crippen LogP contribution in [0.4, 0.5) is 0 Å². The van der Waals surface area contributed by atoms with E-state index in [0.717, 1.165) is 0 Å². The van der Waals surface area contributed by atoms with E-state index in [1.165, 1.54) is 0 Å². The maximum absolute atomic E-state index is 11.3. The number of esters is 1. The van der Waals surface area contributed by atoms with E-state index in [4.69, 9.17) is 4.74 Å². The average molecular weight is 244 g/mol. The first-order valence-corrected chi connectivity index (χ1v) is 4.60. The first-order chi connectivity index (χ1) is 6.00. The van der Waals surface area contributed by atoms with Crippen LogP contribution in [0.5, 0.6) is 5.75 Å². The normalized spacial score (nSPS) is 11.0. The number of halogens is 1. The minimum Gasteiger partial charge on any atom is -0.425 e. The van der Waals surface area contributed by atoms with Gasteiger partial charge in [0, 0.05) is 12.4 Å². The summed E-state index contributed by atoms with van der Waals surface area (Å²) in [6.07, 6.45) is 3.15. The Hall–Kier alpha value is -0.900. The number of hydrogen-bond donors (Lipinski definition) is 0. The number of pyridine rings is 1. The summed E-state index contributed by atoms with van der Waals surface area (Å²) in [6, 6.07) is 3.27. The summed E-state index contributed by atoms with van der Waals surface area (Å²) in [5.41, 5.74) is 0. The molecule has 0 amide bonds. The third-order valence-corrected chi connectivity index (χ3v) is 1.67. The van der Waals surface area contributed by atoms with Crippen LogP contribution in [-0.4, -0.2) is 15.3 Å². The second-order valence-corrected chi connectivity index (χ2v) is 5.03. The Morgan fingerprint density at radius 1 is 1.46 bits per heavy atom. The molecule has 13 heavy (non-hydrogen) atoms. The van der Waals surface area contributed by atoms with Crippen LogP contribution in [0.2, 0.25) is 0 Å². The third kappa shape index (κ3) is 3.14. The van der Waals surface area contributed by atoms with Crippen LogP contribution in [-0.2, 0) is 4.79 Å². The van der Waals surface area contributed by atoms with Gasteiger partial charge in [-0.2, -0.15) is 0 Å². The van der Waals surface area contributed by atoms with Crippen molar-refractivity contribution in [2.75, 3.05) is 0 Å². The number of alkyl halides is 1. The summed E-state index contributed by atoms with van der Waals surface area (Å²) in [5, 5.41) is 0. The van der Waals surface area contributed by atoms with Crippen LogP contribution in [0.3, 0.4) is 0 Å². The van der Waals surface area contributed by atoms with Crippen molar-refractivity contribution in [1.82, 2.24) is 4.98 Å². The monoisotopic (exact) mass is 243 g/mol. The van der Waals surface area contributed by atoms with Gasteiger partial charge in [0.05, 0.1) is 0 Å². The topological polar surface area (TPSA) is 39.2 Å². The second kappa shape index (κ2) is 3.87. The molecule has 0 saturated carbocycles. The Labute approximate surface area is 85.3 Å². The molecule has 0 fully saturated rings. The molecule has 0 aliphatic carbocycles. The van der Waals surface area contributed by atoms with E-state index in [2.05, 4.69) is 20.9 Å². The highest BCUT2D eigenvalue weighted by Gasteiger charge is 2.25. The number of rotatable bonds is 2. The molecular formula is C9H10BrNO2. The molecule has 1 aromatic rings. The maximum Gasteiger partial charge on any atom is 0.327 e. The van der Waals surface area contributed by atoms with Gasteiger partial charge in [-0.1, -0.05) is 15.9 Å². The Morgan fingerprint density at radius 2 is 2.00 bits per heavy atom. The lowest BCUT2D eigenvalue weighted by Crippen LogP contribution is -2.29. The molecule has 4 heteroatoms. The van der Waals surface area contributed by atoms with E-state index in [9.17, 15) is 4.79 Å². The smallest absolute Gasteiger partial charge is 0.327 e. The van der Waals surface area contributed by atoms with E-state index in [0.29, 0.717) is 5.75 Å². The van der Waals surface area contributed by atoms with Crippen molar-refractivity contribution in [2.24, 2.45) is 0 Å². The number of carbonyl (C=O) groups excluding carboxylic acids is 1. The highest BCUT2D eigenvalue weighted by atomic mass is 79.9. The molecule has 1 heterocycles. The summed E-state index contributed by atoms with van der Waals surface area (Å²) >= 11 is 3.21. The third-order valence-electron chi connectivity index (χ3n) is 1.35. The van der Waals surface area contributed by atoms with E-state index in [1.807, 2.05) is 0 Å². The highest BCUT2D eigenvalue weighted by Crippen LogP contribution is 2.19. The molecule has 0 bridgehead atoms. The molecule has 0 aliphatic heterocycles. The van der Waals surface area contributed by atoms with Crippen LogP contribution >= 0.6 is 15.9 Å². The van der Waals surface area contributed by atoms with Crippen LogP contribution in [0, 0.1) is 0 Å². The highest BCUT2D eigenvalue weighted by molar-refractivity contribution is 9.10. The minimum absolute atomic E-state index is 0.321. The van der Waals surface area contributed by atoms with E-state index in [1.54, 1.807) is 38.4 Å². The number of nitrogens with zero attached hydrogens (tertiary/aromatic N) is 1. The van der Waals surface area contributed by atoms with Crippen molar-refractivity contribution < 1.29 is 9.53 Å². The fourth-order valence-corrected chi connectivity index (χ4v) is 0.716. The van der Waals surface area contributed by atoms with Crippen LogP contribution < -0.4 is 4.74 Å². The molecule has 0 atom stereocenters. The van der Waals surface area contributed by atoms with Crippen LogP contribution in [0.25, 0.3) is 0 Å². The molecule has 0 radical (unpaired) electrons. The first-order valence-electron chi connectivity index (χ1n) is 3.81. The zero-order valence-electron chi connectivity index (χ0n) is 7.45. The Balaban J connectivity index is 2.66. The lowest BCUT2D eigenvalue weighted by atomic mass is 10.2. The SMILES string of the molecule is CC(C)(Br)C(=O)Oc1ccncc1. The average Bonchev–Trinajstić information content (AvgIpc) is 2.04. The lowest BCUT2D eigenvalue weighted by molar-refractivity contribution is -0.136. The Bertz CT molecular complexity index is 292. The molecule has 0 aromatic carbocycles. The zero-order valence-corrected chi connectivity index (χ0v) is 9.04. The molecule has 0 N–H and O–H groups in total. The summed E-state index contributed by atoms with van der Waals surface area (Å²) < 4.78 is 4.40. The minimum atomic E-state index is -0.656. The molecule has 0 saturated heterocycles. The second-order valence-electron chi connectivity index (χ2n) is 3.04. The Morgan fingerprint density at radius 3 is 2.46 bits per heavy atom. The molecule has 1 rings (SSSR count). The van der Waals surface area contributed by atoms with E-state index in [-0.39, 0.29) is 5.97 Å². The predicted molar refractivity (Wildman–Crippen MR) is 52.9 cm³/mol. The van der Waals surface area contributed by atoms with Gasteiger partial charge in [-0.05, 0) is 26.0 Å².